The van der Waals surface area contributed by atoms with Crippen LogP contribution in [0, 0.1) is 0 Å². The molecule has 0 aromatic carbocycles. The third kappa shape index (κ3) is 15.8. The van der Waals surface area contributed by atoms with Crippen LogP contribution in [0.15, 0.2) is 0 Å². The molecule has 0 aliphatic carbocycles. The standard InChI is InChI=1S/C15H32N2O5/c1-2-3-15(14-22-13-12-19-7-4-16)17-5-8-20-10-11-21-9-6-18/h6,15,17H,2-5,7-14,16H2,1H3. The smallest absolute Gasteiger partial charge is 0.145 e. The zero-order chi connectivity index (χ0) is 16.3. The molecule has 0 aromatic rings. The van der Waals surface area contributed by atoms with E-state index in [1.54, 1.807) is 0 Å². The van der Waals surface area contributed by atoms with E-state index in [2.05, 4.69) is 12.2 Å². The second-order valence-corrected chi connectivity index (χ2v) is 4.77. The second kappa shape index (κ2) is 18.5. The van der Waals surface area contributed by atoms with Crippen molar-refractivity contribution in [3.63, 3.8) is 0 Å². The quantitative estimate of drug-likeness (QED) is 0.271. The second-order valence-electron chi connectivity index (χ2n) is 4.77. The minimum atomic E-state index is 0.131. The highest BCUT2D eigenvalue weighted by Crippen LogP contribution is 1.97. The minimum absolute atomic E-state index is 0.131. The maximum absolute atomic E-state index is 10.0. The Bertz CT molecular complexity index is 232. The van der Waals surface area contributed by atoms with Crippen LogP contribution in [0.1, 0.15) is 19.8 Å². The molecule has 3 N–H and O–H groups in total. The number of carbonyl (C=O) groups excluding carboxylic acids is 1. The fourth-order valence-electron chi connectivity index (χ4n) is 1.81. The molecule has 0 saturated carbocycles. The Morgan fingerprint density at radius 2 is 1.68 bits per heavy atom. The van der Waals surface area contributed by atoms with Crippen molar-refractivity contribution in [2.24, 2.45) is 5.73 Å². The van der Waals surface area contributed by atoms with Crippen molar-refractivity contribution < 1.29 is 23.7 Å². The van der Waals surface area contributed by atoms with Crippen molar-refractivity contribution in [2.75, 3.05) is 65.9 Å². The van der Waals surface area contributed by atoms with Crippen molar-refractivity contribution in [2.45, 2.75) is 25.8 Å². The molecule has 0 fully saturated rings. The number of hydrogen-bond donors (Lipinski definition) is 2. The summed E-state index contributed by atoms with van der Waals surface area (Å²) in [5.74, 6) is 0. The van der Waals surface area contributed by atoms with Crippen LogP contribution in [0.2, 0.25) is 0 Å². The van der Waals surface area contributed by atoms with E-state index in [0.29, 0.717) is 58.8 Å². The molecule has 0 amide bonds. The highest BCUT2D eigenvalue weighted by molar-refractivity contribution is 5.50. The SMILES string of the molecule is CCCC(COCCOCCN)NCCOCCOCC=O. The van der Waals surface area contributed by atoms with Crippen molar-refractivity contribution in [3.05, 3.63) is 0 Å². The molecule has 0 aromatic heterocycles. The Morgan fingerprint density at radius 1 is 1.00 bits per heavy atom. The third-order valence-corrected chi connectivity index (χ3v) is 2.83. The fraction of sp³-hybridized carbons (Fsp3) is 0.933. The highest BCUT2D eigenvalue weighted by atomic mass is 16.5. The van der Waals surface area contributed by atoms with E-state index in [4.69, 9.17) is 24.7 Å². The monoisotopic (exact) mass is 320 g/mol. The summed E-state index contributed by atoms with van der Waals surface area (Å²) in [6.45, 7) is 7.58. The molecule has 1 atom stereocenters. The molecule has 0 radical (unpaired) electrons. The maximum Gasteiger partial charge on any atom is 0.145 e. The van der Waals surface area contributed by atoms with E-state index in [9.17, 15) is 4.79 Å². The van der Waals surface area contributed by atoms with Crippen LogP contribution in [0.4, 0.5) is 0 Å². The van der Waals surface area contributed by atoms with Gasteiger partial charge in [0.25, 0.3) is 0 Å². The highest BCUT2D eigenvalue weighted by Gasteiger charge is 2.06. The lowest BCUT2D eigenvalue weighted by Gasteiger charge is -2.18. The lowest BCUT2D eigenvalue weighted by atomic mass is 10.2. The molecule has 1 unspecified atom stereocenters. The van der Waals surface area contributed by atoms with Gasteiger partial charge in [0.2, 0.25) is 0 Å². The topological polar surface area (TPSA) is 92.0 Å². The molecule has 0 heterocycles. The van der Waals surface area contributed by atoms with Gasteiger partial charge in [-0.05, 0) is 6.42 Å². The molecule has 22 heavy (non-hydrogen) atoms. The first kappa shape index (κ1) is 21.4. The van der Waals surface area contributed by atoms with E-state index in [1.165, 1.54) is 0 Å². The first-order valence-corrected chi connectivity index (χ1v) is 8.03. The molecule has 7 heteroatoms. The molecular formula is C15H32N2O5. The van der Waals surface area contributed by atoms with Crippen LogP contribution in [0.3, 0.4) is 0 Å². The van der Waals surface area contributed by atoms with Crippen molar-refractivity contribution in [1.29, 1.82) is 0 Å². The Balaban J connectivity index is 3.45. The van der Waals surface area contributed by atoms with Crippen LogP contribution in [0.5, 0.6) is 0 Å². The Hall–Kier alpha value is -0.570. The minimum Gasteiger partial charge on any atom is -0.378 e. The molecule has 0 aliphatic rings. The molecule has 0 aliphatic heterocycles. The number of nitrogens with two attached hydrogens (primary N) is 1. The van der Waals surface area contributed by atoms with Gasteiger partial charge >= 0.3 is 0 Å². The number of rotatable bonds is 18. The van der Waals surface area contributed by atoms with Gasteiger partial charge in [-0.25, -0.2) is 0 Å². The zero-order valence-electron chi connectivity index (χ0n) is 13.8. The number of hydrogen-bond acceptors (Lipinski definition) is 7. The Kier molecular flexibility index (Phi) is 18.0. The van der Waals surface area contributed by atoms with E-state index in [-0.39, 0.29) is 6.61 Å². The molecule has 0 saturated heterocycles. The first-order chi connectivity index (χ1) is 10.8. The maximum atomic E-state index is 10.0. The van der Waals surface area contributed by atoms with Crippen LogP contribution in [-0.2, 0) is 23.7 Å². The summed E-state index contributed by atoms with van der Waals surface area (Å²) in [5.41, 5.74) is 5.33. The van der Waals surface area contributed by atoms with E-state index < -0.39 is 0 Å². The average molecular weight is 320 g/mol. The molecule has 7 nitrogen and oxygen atoms in total. The van der Waals surface area contributed by atoms with Gasteiger partial charge in [-0.2, -0.15) is 0 Å². The van der Waals surface area contributed by atoms with Gasteiger partial charge in [0.05, 0.1) is 46.2 Å². The Morgan fingerprint density at radius 3 is 2.36 bits per heavy atom. The first-order valence-electron chi connectivity index (χ1n) is 8.03. The third-order valence-electron chi connectivity index (χ3n) is 2.83. The predicted molar refractivity (Wildman–Crippen MR) is 85.1 cm³/mol. The largest absolute Gasteiger partial charge is 0.378 e. The van der Waals surface area contributed by atoms with Gasteiger partial charge in [-0.1, -0.05) is 13.3 Å². The van der Waals surface area contributed by atoms with Crippen molar-refractivity contribution in [1.82, 2.24) is 5.32 Å². The van der Waals surface area contributed by atoms with Gasteiger partial charge in [0.1, 0.15) is 12.9 Å². The Labute approximate surface area is 133 Å². The zero-order valence-corrected chi connectivity index (χ0v) is 13.8. The molecule has 0 rings (SSSR count). The van der Waals surface area contributed by atoms with Crippen molar-refractivity contribution >= 4 is 6.29 Å². The summed E-state index contributed by atoms with van der Waals surface area (Å²) in [6.07, 6.45) is 2.90. The van der Waals surface area contributed by atoms with E-state index >= 15 is 0 Å². The van der Waals surface area contributed by atoms with Crippen LogP contribution in [0.25, 0.3) is 0 Å². The van der Waals surface area contributed by atoms with Gasteiger partial charge in [0, 0.05) is 19.1 Å². The van der Waals surface area contributed by atoms with E-state index in [1.807, 2.05) is 0 Å². The number of nitrogens with one attached hydrogen (secondary N) is 1. The van der Waals surface area contributed by atoms with Gasteiger partial charge in [-0.3, -0.25) is 0 Å². The summed E-state index contributed by atoms with van der Waals surface area (Å²) in [6, 6.07) is 0.328. The molecule has 132 valence electrons. The van der Waals surface area contributed by atoms with E-state index in [0.717, 1.165) is 25.7 Å². The average Bonchev–Trinajstić information content (AvgIpc) is 2.53. The lowest BCUT2D eigenvalue weighted by molar-refractivity contribution is -0.112. The van der Waals surface area contributed by atoms with Gasteiger partial charge < -0.3 is 34.8 Å². The lowest BCUT2D eigenvalue weighted by Crippen LogP contribution is -2.36. The summed E-state index contributed by atoms with van der Waals surface area (Å²) in [7, 11) is 0. The summed E-state index contributed by atoms with van der Waals surface area (Å²) < 4.78 is 21.2. The van der Waals surface area contributed by atoms with Crippen LogP contribution < -0.4 is 11.1 Å². The predicted octanol–water partition coefficient (Wildman–Crippen LogP) is -0.0313. The molecule has 0 spiro atoms. The number of carbonyl (C=O) groups is 1. The summed E-state index contributed by atoms with van der Waals surface area (Å²) in [4.78, 5) is 10.0. The molecular weight excluding hydrogens is 288 g/mol. The fourth-order valence-corrected chi connectivity index (χ4v) is 1.81. The van der Waals surface area contributed by atoms with Crippen LogP contribution in [-0.4, -0.2) is 78.3 Å². The van der Waals surface area contributed by atoms with Crippen molar-refractivity contribution in [3.8, 4) is 0 Å². The molecule has 0 bridgehead atoms. The normalized spacial score (nSPS) is 12.5. The van der Waals surface area contributed by atoms with Crippen LogP contribution >= 0.6 is 0 Å². The summed E-state index contributed by atoms with van der Waals surface area (Å²) in [5, 5.41) is 3.42. The number of aldehydes is 1. The van der Waals surface area contributed by atoms with Gasteiger partial charge in [-0.15, -0.1) is 0 Å². The number of ether oxygens (including phenoxy) is 4. The summed E-state index contributed by atoms with van der Waals surface area (Å²) >= 11 is 0. The van der Waals surface area contributed by atoms with Gasteiger partial charge in [0.15, 0.2) is 0 Å².